The second-order valence-electron chi connectivity index (χ2n) is 5.14. The summed E-state index contributed by atoms with van der Waals surface area (Å²) in [5.74, 6) is 0. The molecule has 0 aromatic carbocycles. The second-order valence-corrected chi connectivity index (χ2v) is 6.55. The number of thiazole rings is 1. The lowest BCUT2D eigenvalue weighted by molar-refractivity contribution is -0.0275. The first kappa shape index (κ1) is 13.9. The van der Waals surface area contributed by atoms with Crippen molar-refractivity contribution in [2.45, 2.75) is 51.9 Å². The summed E-state index contributed by atoms with van der Waals surface area (Å²) in [5.41, 5.74) is 0.348. The lowest BCUT2D eigenvalue weighted by Crippen LogP contribution is -2.46. The van der Waals surface area contributed by atoms with Crippen molar-refractivity contribution in [1.29, 1.82) is 0 Å². The van der Waals surface area contributed by atoms with Crippen molar-refractivity contribution in [2.24, 2.45) is 0 Å². The monoisotopic (exact) mass is 270 g/mol. The molecule has 3 unspecified atom stereocenters. The third-order valence-corrected chi connectivity index (χ3v) is 4.63. The molecule has 2 rings (SSSR count). The van der Waals surface area contributed by atoms with Crippen LogP contribution in [0.4, 0.5) is 0 Å². The molecule has 5 heteroatoms. The number of nitrogens with zero attached hydrogens (tertiary/aromatic N) is 1. The van der Waals surface area contributed by atoms with Gasteiger partial charge in [-0.25, -0.2) is 4.98 Å². The number of aromatic nitrogens is 1. The van der Waals surface area contributed by atoms with Crippen LogP contribution < -0.4 is 5.32 Å². The van der Waals surface area contributed by atoms with Crippen LogP contribution in [-0.4, -0.2) is 34.9 Å². The number of hydrogen-bond acceptors (Lipinski definition) is 5. The van der Waals surface area contributed by atoms with E-state index in [0.717, 1.165) is 10.7 Å². The zero-order chi connectivity index (χ0) is 13.3. The van der Waals surface area contributed by atoms with Gasteiger partial charge in [0.05, 0.1) is 16.8 Å². The minimum absolute atomic E-state index is 0.101. The van der Waals surface area contributed by atoms with Crippen LogP contribution in [0.5, 0.6) is 0 Å². The summed E-state index contributed by atoms with van der Waals surface area (Å²) in [6.45, 7) is 9.32. The molecule has 0 spiro atoms. The fourth-order valence-electron chi connectivity index (χ4n) is 2.38. The maximum atomic E-state index is 10.4. The summed E-state index contributed by atoms with van der Waals surface area (Å²) < 4.78 is 5.43. The highest BCUT2D eigenvalue weighted by atomic mass is 32.1. The Morgan fingerprint density at radius 2 is 2.33 bits per heavy atom. The number of nitrogens with one attached hydrogen (secondary N) is 1. The van der Waals surface area contributed by atoms with Gasteiger partial charge < -0.3 is 15.2 Å². The zero-order valence-electron chi connectivity index (χ0n) is 11.5. The molecular weight excluding hydrogens is 248 g/mol. The lowest BCUT2D eigenvalue weighted by atomic mass is 9.96. The standard InChI is InChI=1S/C13H22N2O2S/c1-8(12-9(2)18-11(4)15-12)14-7-13(16)5-6-17-10(13)3/h8,10,14,16H,5-7H2,1-4H3. The third-order valence-electron chi connectivity index (χ3n) is 3.72. The predicted octanol–water partition coefficient (Wildman–Crippen LogP) is 1.95. The van der Waals surface area contributed by atoms with Crippen molar-refractivity contribution >= 4 is 11.3 Å². The molecular formula is C13H22N2O2S. The molecule has 2 heterocycles. The van der Waals surface area contributed by atoms with E-state index in [9.17, 15) is 5.11 Å². The first-order valence-corrected chi connectivity index (χ1v) is 7.25. The van der Waals surface area contributed by atoms with Crippen molar-refractivity contribution < 1.29 is 9.84 Å². The first-order chi connectivity index (χ1) is 8.42. The van der Waals surface area contributed by atoms with Gasteiger partial charge >= 0.3 is 0 Å². The fourth-order valence-corrected chi connectivity index (χ4v) is 3.29. The van der Waals surface area contributed by atoms with E-state index < -0.39 is 5.60 Å². The molecule has 1 saturated heterocycles. The number of rotatable bonds is 4. The second kappa shape index (κ2) is 5.25. The van der Waals surface area contributed by atoms with E-state index in [1.54, 1.807) is 11.3 Å². The van der Waals surface area contributed by atoms with E-state index in [-0.39, 0.29) is 12.1 Å². The van der Waals surface area contributed by atoms with Gasteiger partial charge in [-0.15, -0.1) is 11.3 Å². The molecule has 0 amide bonds. The minimum Gasteiger partial charge on any atom is -0.386 e. The molecule has 0 radical (unpaired) electrons. The average Bonchev–Trinajstić information content (AvgIpc) is 2.80. The quantitative estimate of drug-likeness (QED) is 0.878. The van der Waals surface area contributed by atoms with Crippen LogP contribution >= 0.6 is 11.3 Å². The Morgan fingerprint density at radius 3 is 2.83 bits per heavy atom. The Morgan fingerprint density at radius 1 is 1.61 bits per heavy atom. The van der Waals surface area contributed by atoms with Gasteiger partial charge in [0, 0.05) is 30.5 Å². The highest BCUT2D eigenvalue weighted by Gasteiger charge is 2.39. The van der Waals surface area contributed by atoms with Crippen molar-refractivity contribution in [3.63, 3.8) is 0 Å². The normalized spacial score (nSPS) is 29.7. The van der Waals surface area contributed by atoms with Crippen LogP contribution in [0.3, 0.4) is 0 Å². The number of ether oxygens (including phenoxy) is 1. The van der Waals surface area contributed by atoms with Gasteiger partial charge in [-0.2, -0.15) is 0 Å². The minimum atomic E-state index is -0.743. The van der Waals surface area contributed by atoms with Crippen LogP contribution in [0, 0.1) is 13.8 Å². The van der Waals surface area contributed by atoms with Gasteiger partial charge in [-0.3, -0.25) is 0 Å². The van der Waals surface area contributed by atoms with Crippen molar-refractivity contribution in [1.82, 2.24) is 10.3 Å². The molecule has 1 fully saturated rings. The molecule has 0 saturated carbocycles. The van der Waals surface area contributed by atoms with Gasteiger partial charge in [0.15, 0.2) is 0 Å². The Hall–Kier alpha value is -0.490. The summed E-state index contributed by atoms with van der Waals surface area (Å²) in [6.07, 6.45) is 0.596. The SMILES string of the molecule is Cc1nc(C(C)NCC2(O)CCOC2C)c(C)s1. The summed E-state index contributed by atoms with van der Waals surface area (Å²) in [7, 11) is 0. The maximum Gasteiger partial charge on any atom is 0.105 e. The van der Waals surface area contributed by atoms with E-state index >= 15 is 0 Å². The van der Waals surface area contributed by atoms with Crippen LogP contribution in [0.1, 0.15) is 41.9 Å². The van der Waals surface area contributed by atoms with Crippen LogP contribution in [0.25, 0.3) is 0 Å². The van der Waals surface area contributed by atoms with Crippen molar-refractivity contribution in [2.75, 3.05) is 13.2 Å². The Bertz CT molecular complexity index is 421. The molecule has 0 bridgehead atoms. The van der Waals surface area contributed by atoms with Gasteiger partial charge in [-0.05, 0) is 27.7 Å². The van der Waals surface area contributed by atoms with Gasteiger partial charge in [0.25, 0.3) is 0 Å². The van der Waals surface area contributed by atoms with E-state index in [0.29, 0.717) is 19.6 Å². The lowest BCUT2D eigenvalue weighted by Gasteiger charge is -2.28. The van der Waals surface area contributed by atoms with Gasteiger partial charge in [-0.1, -0.05) is 0 Å². The van der Waals surface area contributed by atoms with E-state index in [1.165, 1.54) is 4.88 Å². The molecule has 102 valence electrons. The highest BCUT2D eigenvalue weighted by Crippen LogP contribution is 2.27. The first-order valence-electron chi connectivity index (χ1n) is 6.43. The van der Waals surface area contributed by atoms with E-state index in [4.69, 9.17) is 4.74 Å². The third kappa shape index (κ3) is 2.74. The van der Waals surface area contributed by atoms with Gasteiger partial charge in [0.1, 0.15) is 5.60 Å². The fraction of sp³-hybridized carbons (Fsp3) is 0.769. The molecule has 3 atom stereocenters. The van der Waals surface area contributed by atoms with Gasteiger partial charge in [0.2, 0.25) is 0 Å². The average molecular weight is 270 g/mol. The Balaban J connectivity index is 1.96. The molecule has 1 aromatic rings. The largest absolute Gasteiger partial charge is 0.386 e. The zero-order valence-corrected chi connectivity index (χ0v) is 12.3. The Labute approximate surface area is 112 Å². The predicted molar refractivity (Wildman–Crippen MR) is 73.0 cm³/mol. The molecule has 1 aliphatic rings. The number of aliphatic hydroxyl groups is 1. The smallest absolute Gasteiger partial charge is 0.105 e. The van der Waals surface area contributed by atoms with Crippen LogP contribution in [0.2, 0.25) is 0 Å². The van der Waals surface area contributed by atoms with Crippen molar-refractivity contribution in [3.8, 4) is 0 Å². The Kier molecular flexibility index (Phi) is 4.06. The molecule has 1 aliphatic heterocycles. The van der Waals surface area contributed by atoms with Crippen LogP contribution in [0.15, 0.2) is 0 Å². The summed E-state index contributed by atoms with van der Waals surface area (Å²) in [5, 5.41) is 14.9. The molecule has 18 heavy (non-hydrogen) atoms. The molecule has 1 aromatic heterocycles. The maximum absolute atomic E-state index is 10.4. The van der Waals surface area contributed by atoms with Crippen LogP contribution in [-0.2, 0) is 4.74 Å². The molecule has 0 aliphatic carbocycles. The summed E-state index contributed by atoms with van der Waals surface area (Å²) in [6, 6.07) is 0.159. The number of hydrogen-bond donors (Lipinski definition) is 2. The topological polar surface area (TPSA) is 54.4 Å². The van der Waals surface area contributed by atoms with E-state index in [1.807, 2.05) is 13.8 Å². The highest BCUT2D eigenvalue weighted by molar-refractivity contribution is 7.11. The number of aryl methyl sites for hydroxylation is 2. The van der Waals surface area contributed by atoms with E-state index in [2.05, 4.69) is 24.1 Å². The summed E-state index contributed by atoms with van der Waals surface area (Å²) in [4.78, 5) is 5.79. The molecule has 2 N–H and O–H groups in total. The van der Waals surface area contributed by atoms with Crippen molar-refractivity contribution in [3.05, 3.63) is 15.6 Å². The molecule has 4 nitrogen and oxygen atoms in total. The summed E-state index contributed by atoms with van der Waals surface area (Å²) >= 11 is 1.72.